The Morgan fingerprint density at radius 1 is 1.00 bits per heavy atom. The molecule has 0 bridgehead atoms. The molecule has 72 valence electrons. The first-order chi connectivity index (χ1) is 6.59. The van der Waals surface area contributed by atoms with E-state index in [1.807, 2.05) is 0 Å². The Morgan fingerprint density at radius 3 is 2.36 bits per heavy atom. The number of benzene rings is 1. The van der Waals surface area contributed by atoms with Crippen LogP contribution in [0.3, 0.4) is 0 Å². The normalized spacial score (nSPS) is 10.9. The first kappa shape index (κ1) is 9.66. The molecule has 0 unspecified atom stereocenters. The molecule has 0 atom stereocenters. The van der Waals surface area contributed by atoms with E-state index in [1.54, 1.807) is 0 Å². The second-order valence-corrected chi connectivity index (χ2v) is 4.50. The van der Waals surface area contributed by atoms with Gasteiger partial charge in [0.05, 0.1) is 5.52 Å². The summed E-state index contributed by atoms with van der Waals surface area (Å²) in [6, 6.07) is 6.34. The Labute approximate surface area is 92.3 Å². The number of rotatable bonds is 0. The number of nitrogens with zero attached hydrogens (tertiary/aromatic N) is 1. The van der Waals surface area contributed by atoms with Gasteiger partial charge in [0, 0.05) is 5.39 Å². The third-order valence-electron chi connectivity index (χ3n) is 2.54. The molecule has 1 aromatic heterocycles. The summed E-state index contributed by atoms with van der Waals surface area (Å²) in [5.74, 6) is 0. The smallest absolute Gasteiger partial charge is 0.107 e. The molecule has 1 aromatic carbocycles. The van der Waals surface area contributed by atoms with Gasteiger partial charge in [0.1, 0.15) is 4.60 Å². The number of halogens is 1. The molecule has 0 radical (unpaired) electrons. The van der Waals surface area contributed by atoms with Crippen LogP contribution < -0.4 is 0 Å². The van der Waals surface area contributed by atoms with Crippen LogP contribution in [-0.4, -0.2) is 4.98 Å². The van der Waals surface area contributed by atoms with Gasteiger partial charge < -0.3 is 0 Å². The third kappa shape index (κ3) is 1.44. The summed E-state index contributed by atoms with van der Waals surface area (Å²) in [4.78, 5) is 4.51. The first-order valence-electron chi connectivity index (χ1n) is 4.62. The maximum atomic E-state index is 4.51. The van der Waals surface area contributed by atoms with Crippen LogP contribution in [0.25, 0.3) is 10.9 Å². The molecule has 0 spiro atoms. The van der Waals surface area contributed by atoms with Gasteiger partial charge in [0.25, 0.3) is 0 Å². The van der Waals surface area contributed by atoms with Gasteiger partial charge in [-0.05, 0) is 59.5 Å². The van der Waals surface area contributed by atoms with Crippen molar-refractivity contribution in [2.24, 2.45) is 0 Å². The lowest BCUT2D eigenvalue weighted by molar-refractivity contribution is 1.28. The SMILES string of the molecule is Cc1ccc(C)c2c(C)cc(Br)nc12. The number of hydrogen-bond acceptors (Lipinski definition) is 1. The Bertz CT molecular complexity index is 503. The maximum absolute atomic E-state index is 4.51. The van der Waals surface area contributed by atoms with Gasteiger partial charge in [-0.15, -0.1) is 0 Å². The van der Waals surface area contributed by atoms with Gasteiger partial charge in [0.2, 0.25) is 0 Å². The fraction of sp³-hybridized carbons (Fsp3) is 0.250. The average Bonchev–Trinajstić information content (AvgIpc) is 2.10. The lowest BCUT2D eigenvalue weighted by atomic mass is 10.0. The van der Waals surface area contributed by atoms with Crippen molar-refractivity contribution < 1.29 is 0 Å². The number of hydrogen-bond donors (Lipinski definition) is 0. The van der Waals surface area contributed by atoms with E-state index in [-0.39, 0.29) is 0 Å². The molecule has 0 amide bonds. The van der Waals surface area contributed by atoms with E-state index in [4.69, 9.17) is 0 Å². The van der Waals surface area contributed by atoms with E-state index in [0.717, 1.165) is 10.1 Å². The van der Waals surface area contributed by atoms with E-state index >= 15 is 0 Å². The van der Waals surface area contributed by atoms with E-state index in [9.17, 15) is 0 Å². The van der Waals surface area contributed by atoms with E-state index in [2.05, 4.69) is 59.9 Å². The average molecular weight is 250 g/mol. The molecule has 1 nitrogen and oxygen atoms in total. The van der Waals surface area contributed by atoms with Crippen LogP contribution in [0.5, 0.6) is 0 Å². The topological polar surface area (TPSA) is 12.9 Å². The zero-order chi connectivity index (χ0) is 10.3. The van der Waals surface area contributed by atoms with Crippen molar-refractivity contribution >= 4 is 26.8 Å². The second kappa shape index (κ2) is 3.35. The highest BCUT2D eigenvalue weighted by atomic mass is 79.9. The predicted octanol–water partition coefficient (Wildman–Crippen LogP) is 3.92. The molecule has 1 heterocycles. The first-order valence-corrected chi connectivity index (χ1v) is 5.42. The summed E-state index contributed by atoms with van der Waals surface area (Å²) in [6.45, 7) is 6.35. The Hall–Kier alpha value is -0.890. The number of pyridine rings is 1. The highest BCUT2D eigenvalue weighted by Crippen LogP contribution is 2.25. The third-order valence-corrected chi connectivity index (χ3v) is 2.94. The van der Waals surface area contributed by atoms with E-state index in [0.29, 0.717) is 0 Å². The molecule has 0 aliphatic rings. The maximum Gasteiger partial charge on any atom is 0.107 e. The van der Waals surface area contributed by atoms with Crippen LogP contribution in [-0.2, 0) is 0 Å². The van der Waals surface area contributed by atoms with Crippen molar-refractivity contribution in [2.45, 2.75) is 20.8 Å². The van der Waals surface area contributed by atoms with Crippen molar-refractivity contribution in [3.63, 3.8) is 0 Å². The minimum atomic E-state index is 0.913. The minimum absolute atomic E-state index is 0.913. The molecular formula is C12H12BrN. The molecular weight excluding hydrogens is 238 g/mol. The molecule has 2 heteroatoms. The Morgan fingerprint density at radius 2 is 1.64 bits per heavy atom. The van der Waals surface area contributed by atoms with Gasteiger partial charge in [-0.2, -0.15) is 0 Å². The van der Waals surface area contributed by atoms with Gasteiger partial charge in [-0.25, -0.2) is 4.98 Å². The van der Waals surface area contributed by atoms with E-state index < -0.39 is 0 Å². The molecule has 0 aliphatic heterocycles. The summed E-state index contributed by atoms with van der Waals surface area (Å²) in [7, 11) is 0. The standard InChI is InChI=1S/C12H12BrN/c1-7-4-5-8(2)12-11(7)9(3)6-10(13)14-12/h4-6H,1-3H3. The van der Waals surface area contributed by atoms with Crippen molar-refractivity contribution in [3.8, 4) is 0 Å². The highest BCUT2D eigenvalue weighted by Gasteiger charge is 2.05. The van der Waals surface area contributed by atoms with Crippen LogP contribution in [0.4, 0.5) is 0 Å². The van der Waals surface area contributed by atoms with Crippen molar-refractivity contribution in [3.05, 3.63) is 39.5 Å². The summed E-state index contributed by atoms with van der Waals surface area (Å²) >= 11 is 3.43. The quantitative estimate of drug-likeness (QED) is 0.645. The van der Waals surface area contributed by atoms with Crippen LogP contribution in [0.1, 0.15) is 16.7 Å². The van der Waals surface area contributed by atoms with Gasteiger partial charge in [0.15, 0.2) is 0 Å². The van der Waals surface area contributed by atoms with Crippen molar-refractivity contribution in [2.75, 3.05) is 0 Å². The molecule has 0 saturated heterocycles. The number of fused-ring (bicyclic) bond motifs is 1. The van der Waals surface area contributed by atoms with Crippen LogP contribution in [0.2, 0.25) is 0 Å². The molecule has 14 heavy (non-hydrogen) atoms. The molecule has 2 rings (SSSR count). The van der Waals surface area contributed by atoms with E-state index in [1.165, 1.54) is 22.1 Å². The predicted molar refractivity (Wildman–Crippen MR) is 63.7 cm³/mol. The highest BCUT2D eigenvalue weighted by molar-refractivity contribution is 9.10. The van der Waals surface area contributed by atoms with Gasteiger partial charge in [-0.1, -0.05) is 12.1 Å². The lowest BCUT2D eigenvalue weighted by Crippen LogP contribution is -1.90. The summed E-state index contributed by atoms with van der Waals surface area (Å²) in [5.41, 5.74) is 4.91. The molecule has 2 aromatic rings. The monoisotopic (exact) mass is 249 g/mol. The fourth-order valence-electron chi connectivity index (χ4n) is 1.83. The molecule has 0 fully saturated rings. The molecule has 0 saturated carbocycles. The van der Waals surface area contributed by atoms with Crippen LogP contribution >= 0.6 is 15.9 Å². The largest absolute Gasteiger partial charge is 0.241 e. The lowest BCUT2D eigenvalue weighted by Gasteiger charge is -2.08. The van der Waals surface area contributed by atoms with Crippen LogP contribution in [0.15, 0.2) is 22.8 Å². The van der Waals surface area contributed by atoms with Crippen molar-refractivity contribution in [1.82, 2.24) is 4.98 Å². The zero-order valence-corrected chi connectivity index (χ0v) is 10.1. The number of aryl methyl sites for hydroxylation is 3. The Balaban J connectivity index is 3.00. The fourth-order valence-corrected chi connectivity index (χ4v) is 2.35. The summed E-state index contributed by atoms with van der Waals surface area (Å²) in [6.07, 6.45) is 0. The second-order valence-electron chi connectivity index (χ2n) is 3.68. The summed E-state index contributed by atoms with van der Waals surface area (Å²) < 4.78 is 0.913. The van der Waals surface area contributed by atoms with Crippen molar-refractivity contribution in [1.29, 1.82) is 0 Å². The Kier molecular flexibility index (Phi) is 2.31. The minimum Gasteiger partial charge on any atom is -0.241 e. The zero-order valence-electron chi connectivity index (χ0n) is 8.56. The molecule has 0 aliphatic carbocycles. The van der Waals surface area contributed by atoms with Gasteiger partial charge >= 0.3 is 0 Å². The van der Waals surface area contributed by atoms with Crippen LogP contribution in [0, 0.1) is 20.8 Å². The van der Waals surface area contributed by atoms with Gasteiger partial charge in [-0.3, -0.25) is 0 Å². The molecule has 0 N–H and O–H groups in total. The number of aromatic nitrogens is 1. The summed E-state index contributed by atoms with van der Waals surface area (Å²) in [5, 5.41) is 1.29.